The molecule has 8 nitrogen and oxygen atoms in total. The second-order valence-corrected chi connectivity index (χ2v) is 7.44. The fourth-order valence-corrected chi connectivity index (χ4v) is 3.53. The summed E-state index contributed by atoms with van der Waals surface area (Å²) in [5.41, 5.74) is 1.34. The van der Waals surface area contributed by atoms with Crippen LogP contribution in [0.3, 0.4) is 0 Å². The second kappa shape index (κ2) is 12.7. The van der Waals surface area contributed by atoms with E-state index in [0.717, 1.165) is 50.3 Å². The Morgan fingerprint density at radius 2 is 1.93 bits per heavy atom. The lowest BCUT2D eigenvalue weighted by Crippen LogP contribution is -2.42. The quantitative estimate of drug-likeness (QED) is 0.312. The van der Waals surface area contributed by atoms with Gasteiger partial charge in [-0.2, -0.15) is 5.10 Å². The van der Waals surface area contributed by atoms with Gasteiger partial charge in [-0.1, -0.05) is 12.1 Å². The molecule has 1 fully saturated rings. The number of aliphatic imine (C=N–C) groups is 1. The van der Waals surface area contributed by atoms with E-state index in [0.29, 0.717) is 12.5 Å². The minimum atomic E-state index is 0. The molecule has 1 aliphatic heterocycles. The monoisotopic (exact) mass is 527 g/mol. The smallest absolute Gasteiger partial charge is 0.191 e. The standard InChI is InChI=1S/C21H33N7O.HI/c1-4-22-21(24-14-20-25-16-26-27(20)2)23-13-17-9-11-28(12-10-17)15-18-5-7-19(29-3)8-6-18;/h5-8,16-17H,4,9-15H2,1-3H3,(H2,22,23,24);1H. The first-order valence-corrected chi connectivity index (χ1v) is 10.4. The van der Waals surface area contributed by atoms with Crippen molar-refractivity contribution in [2.24, 2.45) is 18.0 Å². The molecule has 166 valence electrons. The normalized spacial score (nSPS) is 15.5. The Morgan fingerprint density at radius 3 is 2.53 bits per heavy atom. The molecule has 0 saturated carbocycles. The first-order valence-electron chi connectivity index (χ1n) is 10.4. The number of nitrogens with one attached hydrogen (secondary N) is 2. The van der Waals surface area contributed by atoms with E-state index in [1.807, 2.05) is 19.2 Å². The lowest BCUT2D eigenvalue weighted by Gasteiger charge is -2.32. The largest absolute Gasteiger partial charge is 0.497 e. The number of piperidine rings is 1. The third kappa shape index (κ3) is 7.42. The summed E-state index contributed by atoms with van der Waals surface area (Å²) in [5, 5.41) is 10.9. The molecule has 2 N–H and O–H groups in total. The fourth-order valence-electron chi connectivity index (χ4n) is 3.53. The van der Waals surface area contributed by atoms with Gasteiger partial charge in [0.2, 0.25) is 0 Å². The van der Waals surface area contributed by atoms with Crippen molar-refractivity contribution in [2.75, 3.05) is 33.3 Å². The van der Waals surface area contributed by atoms with E-state index in [9.17, 15) is 0 Å². The van der Waals surface area contributed by atoms with Crippen molar-refractivity contribution in [1.29, 1.82) is 0 Å². The molecule has 0 spiro atoms. The molecule has 0 unspecified atom stereocenters. The number of hydrogen-bond acceptors (Lipinski definition) is 5. The van der Waals surface area contributed by atoms with Gasteiger partial charge >= 0.3 is 0 Å². The highest BCUT2D eigenvalue weighted by Gasteiger charge is 2.19. The minimum absolute atomic E-state index is 0. The average Bonchev–Trinajstić information content (AvgIpc) is 3.16. The summed E-state index contributed by atoms with van der Waals surface area (Å²) < 4.78 is 6.99. The van der Waals surface area contributed by atoms with Crippen LogP contribution in [0.4, 0.5) is 0 Å². The van der Waals surface area contributed by atoms with E-state index in [-0.39, 0.29) is 24.0 Å². The van der Waals surface area contributed by atoms with Crippen LogP contribution in [0, 0.1) is 5.92 Å². The maximum atomic E-state index is 5.24. The van der Waals surface area contributed by atoms with Gasteiger partial charge in [0.1, 0.15) is 24.4 Å². The molecule has 1 saturated heterocycles. The predicted octanol–water partition coefficient (Wildman–Crippen LogP) is 2.41. The molecule has 3 rings (SSSR count). The van der Waals surface area contributed by atoms with E-state index in [4.69, 9.17) is 4.74 Å². The van der Waals surface area contributed by atoms with Gasteiger partial charge in [0, 0.05) is 26.7 Å². The molecule has 1 aromatic carbocycles. The average molecular weight is 527 g/mol. The van der Waals surface area contributed by atoms with Crippen LogP contribution in [-0.4, -0.2) is 58.9 Å². The van der Waals surface area contributed by atoms with E-state index in [1.54, 1.807) is 18.1 Å². The zero-order valence-electron chi connectivity index (χ0n) is 18.2. The van der Waals surface area contributed by atoms with E-state index in [1.165, 1.54) is 18.4 Å². The highest BCUT2D eigenvalue weighted by atomic mass is 127. The molecule has 2 aromatic rings. The van der Waals surface area contributed by atoms with Gasteiger partial charge < -0.3 is 15.4 Å². The Hall–Kier alpha value is -1.88. The Balaban J connectivity index is 0.00000320. The molecule has 30 heavy (non-hydrogen) atoms. The highest BCUT2D eigenvalue weighted by molar-refractivity contribution is 14.0. The van der Waals surface area contributed by atoms with E-state index >= 15 is 0 Å². The number of likely N-dealkylation sites (tertiary alicyclic amines) is 1. The van der Waals surface area contributed by atoms with Gasteiger partial charge in [0.25, 0.3) is 0 Å². The van der Waals surface area contributed by atoms with Gasteiger partial charge in [-0.05, 0) is 56.5 Å². The summed E-state index contributed by atoms with van der Waals surface area (Å²) in [6.07, 6.45) is 3.96. The third-order valence-corrected chi connectivity index (χ3v) is 5.36. The number of methoxy groups -OCH3 is 1. The number of aromatic nitrogens is 3. The molecule has 0 aliphatic carbocycles. The zero-order valence-corrected chi connectivity index (χ0v) is 20.5. The van der Waals surface area contributed by atoms with Gasteiger partial charge in [0.15, 0.2) is 5.96 Å². The molecular formula is C21H34IN7O. The van der Waals surface area contributed by atoms with Crippen LogP contribution in [0.5, 0.6) is 5.75 Å². The van der Waals surface area contributed by atoms with Crippen LogP contribution in [0.1, 0.15) is 31.2 Å². The maximum Gasteiger partial charge on any atom is 0.191 e. The Morgan fingerprint density at radius 1 is 1.20 bits per heavy atom. The maximum absolute atomic E-state index is 5.24. The lowest BCUT2D eigenvalue weighted by molar-refractivity contribution is 0.178. The van der Waals surface area contributed by atoms with Crippen LogP contribution < -0.4 is 15.4 Å². The summed E-state index contributed by atoms with van der Waals surface area (Å²) in [6.45, 7) is 7.65. The molecule has 2 heterocycles. The number of rotatable bonds is 8. The lowest BCUT2D eigenvalue weighted by atomic mass is 9.96. The number of nitrogens with zero attached hydrogens (tertiary/aromatic N) is 5. The topological polar surface area (TPSA) is 79.6 Å². The van der Waals surface area contributed by atoms with E-state index < -0.39 is 0 Å². The van der Waals surface area contributed by atoms with Crippen molar-refractivity contribution in [1.82, 2.24) is 30.3 Å². The third-order valence-electron chi connectivity index (χ3n) is 5.36. The molecule has 0 amide bonds. The van der Waals surface area contributed by atoms with Crippen LogP contribution >= 0.6 is 24.0 Å². The number of hydrogen-bond donors (Lipinski definition) is 2. The SMILES string of the molecule is CCNC(=NCc1ncnn1C)NCC1CCN(Cc2ccc(OC)cc2)CC1.I. The first-order chi connectivity index (χ1) is 14.2. The number of ether oxygens (including phenoxy) is 1. The highest BCUT2D eigenvalue weighted by Crippen LogP contribution is 2.19. The minimum Gasteiger partial charge on any atom is -0.497 e. The van der Waals surface area contributed by atoms with Gasteiger partial charge in [0.05, 0.1) is 7.11 Å². The van der Waals surface area contributed by atoms with Crippen molar-refractivity contribution >= 4 is 29.9 Å². The number of guanidine groups is 1. The summed E-state index contributed by atoms with van der Waals surface area (Å²) in [6, 6.07) is 8.38. The number of halogens is 1. The van der Waals surface area contributed by atoms with Crippen LogP contribution in [0.25, 0.3) is 0 Å². The summed E-state index contributed by atoms with van der Waals surface area (Å²) in [4.78, 5) is 11.4. The number of benzene rings is 1. The van der Waals surface area contributed by atoms with E-state index in [2.05, 4.69) is 49.7 Å². The first kappa shape index (κ1) is 24.4. The zero-order chi connectivity index (χ0) is 20.5. The molecule has 0 atom stereocenters. The Labute approximate surface area is 196 Å². The molecule has 9 heteroatoms. The molecule has 0 radical (unpaired) electrons. The molecule has 1 aromatic heterocycles. The predicted molar refractivity (Wildman–Crippen MR) is 130 cm³/mol. The fraction of sp³-hybridized carbons (Fsp3) is 0.571. The Kier molecular flexibility index (Phi) is 10.4. The molecular weight excluding hydrogens is 493 g/mol. The Bertz CT molecular complexity index is 770. The summed E-state index contributed by atoms with van der Waals surface area (Å²) >= 11 is 0. The van der Waals surface area contributed by atoms with Crippen molar-refractivity contribution in [2.45, 2.75) is 32.9 Å². The van der Waals surface area contributed by atoms with Crippen LogP contribution in [0.2, 0.25) is 0 Å². The van der Waals surface area contributed by atoms with Crippen molar-refractivity contribution < 1.29 is 4.74 Å². The molecule has 1 aliphatic rings. The van der Waals surface area contributed by atoms with Crippen LogP contribution in [0.15, 0.2) is 35.6 Å². The van der Waals surface area contributed by atoms with Gasteiger partial charge in [-0.3, -0.25) is 9.58 Å². The van der Waals surface area contributed by atoms with Gasteiger partial charge in [-0.25, -0.2) is 9.98 Å². The van der Waals surface area contributed by atoms with Crippen molar-refractivity contribution in [3.05, 3.63) is 42.0 Å². The number of aryl methyl sites for hydroxylation is 1. The summed E-state index contributed by atoms with van der Waals surface area (Å²) in [5.74, 6) is 3.28. The van der Waals surface area contributed by atoms with Crippen molar-refractivity contribution in [3.8, 4) is 5.75 Å². The van der Waals surface area contributed by atoms with Crippen molar-refractivity contribution in [3.63, 3.8) is 0 Å². The second-order valence-electron chi connectivity index (χ2n) is 7.44. The molecule has 0 bridgehead atoms. The summed E-state index contributed by atoms with van der Waals surface area (Å²) in [7, 11) is 3.59. The van der Waals surface area contributed by atoms with Crippen LogP contribution in [-0.2, 0) is 20.1 Å². The van der Waals surface area contributed by atoms with Gasteiger partial charge in [-0.15, -0.1) is 24.0 Å².